The summed E-state index contributed by atoms with van der Waals surface area (Å²) in [6.45, 7) is 7.41. The Bertz CT molecular complexity index is 526. The van der Waals surface area contributed by atoms with Crippen molar-refractivity contribution in [2.75, 3.05) is 5.32 Å². The number of aromatic nitrogens is 2. The van der Waals surface area contributed by atoms with Crippen molar-refractivity contribution in [2.45, 2.75) is 33.9 Å². The highest BCUT2D eigenvalue weighted by Crippen LogP contribution is 2.15. The summed E-state index contributed by atoms with van der Waals surface area (Å²) in [5.74, 6) is -0.210. The lowest BCUT2D eigenvalue weighted by Gasteiger charge is -2.09. The number of benzene rings is 1. The molecule has 0 spiro atoms. The fraction of sp³-hybridized carbons (Fsp3) is 0.357. The first kappa shape index (κ1) is 12.6. The number of aryl methyl sites for hydroxylation is 3. The van der Waals surface area contributed by atoms with Crippen LogP contribution in [0.4, 0.5) is 10.1 Å². The van der Waals surface area contributed by atoms with Crippen LogP contribution in [0, 0.1) is 19.7 Å². The quantitative estimate of drug-likeness (QED) is 0.898. The minimum atomic E-state index is -0.210. The van der Waals surface area contributed by atoms with E-state index >= 15 is 0 Å². The van der Waals surface area contributed by atoms with Gasteiger partial charge >= 0.3 is 0 Å². The molecule has 1 heterocycles. The molecule has 0 unspecified atom stereocenters. The summed E-state index contributed by atoms with van der Waals surface area (Å²) in [6.07, 6.45) is 0. The van der Waals surface area contributed by atoms with Gasteiger partial charge in [0.05, 0.1) is 17.9 Å². The zero-order chi connectivity index (χ0) is 13.1. The normalized spacial score (nSPS) is 10.7. The van der Waals surface area contributed by atoms with Gasteiger partial charge in [-0.1, -0.05) is 0 Å². The van der Waals surface area contributed by atoms with Crippen LogP contribution in [0.25, 0.3) is 0 Å². The Kier molecular flexibility index (Phi) is 3.65. The molecule has 0 saturated carbocycles. The van der Waals surface area contributed by atoms with E-state index in [1.807, 2.05) is 30.7 Å². The number of anilines is 1. The van der Waals surface area contributed by atoms with Gasteiger partial charge in [-0.05, 0) is 50.6 Å². The van der Waals surface area contributed by atoms with E-state index in [4.69, 9.17) is 0 Å². The van der Waals surface area contributed by atoms with Gasteiger partial charge in [-0.3, -0.25) is 4.68 Å². The summed E-state index contributed by atoms with van der Waals surface area (Å²) in [5.41, 5.74) is 3.83. The molecule has 0 amide bonds. The maximum absolute atomic E-state index is 13.2. The fourth-order valence-electron chi connectivity index (χ4n) is 2.05. The lowest BCUT2D eigenvalue weighted by Crippen LogP contribution is -2.08. The second kappa shape index (κ2) is 5.21. The molecule has 0 radical (unpaired) electrons. The predicted octanol–water partition coefficient (Wildman–Crippen LogP) is 3.27. The van der Waals surface area contributed by atoms with Crippen LogP contribution in [0.3, 0.4) is 0 Å². The van der Waals surface area contributed by atoms with Crippen LogP contribution in [-0.2, 0) is 13.1 Å². The molecule has 0 aliphatic rings. The molecule has 1 aromatic heterocycles. The second-order valence-electron chi connectivity index (χ2n) is 4.46. The number of hydrogen-bond donors (Lipinski definition) is 1. The van der Waals surface area contributed by atoms with Crippen molar-refractivity contribution < 1.29 is 4.39 Å². The smallest absolute Gasteiger partial charge is 0.125 e. The van der Waals surface area contributed by atoms with Crippen LogP contribution in [0.1, 0.15) is 23.9 Å². The summed E-state index contributed by atoms with van der Waals surface area (Å²) < 4.78 is 15.2. The fourth-order valence-corrected chi connectivity index (χ4v) is 2.05. The average molecular weight is 247 g/mol. The molecule has 0 aliphatic carbocycles. The van der Waals surface area contributed by atoms with E-state index in [2.05, 4.69) is 17.3 Å². The first-order chi connectivity index (χ1) is 8.58. The van der Waals surface area contributed by atoms with Crippen LogP contribution < -0.4 is 5.32 Å². The monoisotopic (exact) mass is 247 g/mol. The predicted molar refractivity (Wildman–Crippen MR) is 71.1 cm³/mol. The Morgan fingerprint density at radius 2 is 2.00 bits per heavy atom. The third-order valence-corrected chi connectivity index (χ3v) is 2.80. The van der Waals surface area contributed by atoms with E-state index in [1.165, 1.54) is 12.1 Å². The summed E-state index contributed by atoms with van der Waals surface area (Å²) in [7, 11) is 0. The molecule has 4 heteroatoms. The average Bonchev–Trinajstić information content (AvgIpc) is 2.66. The zero-order valence-electron chi connectivity index (χ0n) is 11.0. The van der Waals surface area contributed by atoms with Gasteiger partial charge in [0.1, 0.15) is 5.82 Å². The Labute approximate surface area is 107 Å². The topological polar surface area (TPSA) is 29.9 Å². The van der Waals surface area contributed by atoms with Crippen molar-refractivity contribution in [1.29, 1.82) is 0 Å². The molecular formula is C14H18FN3. The molecule has 0 saturated heterocycles. The number of halogens is 1. The SMILES string of the molecule is CCn1nc(C)cc1CNc1cc(C)cc(F)c1. The molecule has 96 valence electrons. The van der Waals surface area contributed by atoms with E-state index in [0.717, 1.165) is 29.2 Å². The first-order valence-corrected chi connectivity index (χ1v) is 6.13. The molecule has 2 aromatic rings. The number of hydrogen-bond acceptors (Lipinski definition) is 2. The molecule has 0 fully saturated rings. The van der Waals surface area contributed by atoms with Crippen molar-refractivity contribution in [2.24, 2.45) is 0 Å². The molecule has 2 rings (SSSR count). The highest BCUT2D eigenvalue weighted by Gasteiger charge is 2.04. The van der Waals surface area contributed by atoms with Gasteiger partial charge in [0.25, 0.3) is 0 Å². The Hall–Kier alpha value is -1.84. The third kappa shape index (κ3) is 2.88. The number of nitrogens with one attached hydrogen (secondary N) is 1. The van der Waals surface area contributed by atoms with Gasteiger partial charge in [-0.15, -0.1) is 0 Å². The molecule has 0 bridgehead atoms. The molecule has 0 aliphatic heterocycles. The van der Waals surface area contributed by atoms with E-state index < -0.39 is 0 Å². The number of nitrogens with zero attached hydrogens (tertiary/aromatic N) is 2. The molecule has 1 aromatic carbocycles. The molecule has 1 N–H and O–H groups in total. The Morgan fingerprint density at radius 3 is 2.67 bits per heavy atom. The Balaban J connectivity index is 2.11. The maximum Gasteiger partial charge on any atom is 0.125 e. The minimum Gasteiger partial charge on any atom is -0.379 e. The highest BCUT2D eigenvalue weighted by molar-refractivity contribution is 5.46. The molecule has 3 nitrogen and oxygen atoms in total. The summed E-state index contributed by atoms with van der Waals surface area (Å²) in [6, 6.07) is 7.00. The molecular weight excluding hydrogens is 229 g/mol. The van der Waals surface area contributed by atoms with Gasteiger partial charge in [0.2, 0.25) is 0 Å². The van der Waals surface area contributed by atoms with Crippen LogP contribution in [0.15, 0.2) is 24.3 Å². The highest BCUT2D eigenvalue weighted by atomic mass is 19.1. The van der Waals surface area contributed by atoms with Gasteiger partial charge in [-0.2, -0.15) is 5.10 Å². The first-order valence-electron chi connectivity index (χ1n) is 6.13. The van der Waals surface area contributed by atoms with Crippen molar-refractivity contribution in [1.82, 2.24) is 9.78 Å². The summed E-state index contributed by atoms with van der Waals surface area (Å²) in [5, 5.41) is 7.61. The largest absolute Gasteiger partial charge is 0.379 e. The lowest BCUT2D eigenvalue weighted by molar-refractivity contribution is 0.621. The van der Waals surface area contributed by atoms with Gasteiger partial charge in [0.15, 0.2) is 0 Å². The van der Waals surface area contributed by atoms with Gasteiger partial charge in [0, 0.05) is 12.2 Å². The van der Waals surface area contributed by atoms with E-state index in [9.17, 15) is 4.39 Å². The van der Waals surface area contributed by atoms with E-state index in [0.29, 0.717) is 6.54 Å². The second-order valence-corrected chi connectivity index (χ2v) is 4.46. The standard InChI is InChI=1S/C14H18FN3/c1-4-18-14(7-11(3)17-18)9-16-13-6-10(2)5-12(15)8-13/h5-8,16H,4,9H2,1-3H3. The Morgan fingerprint density at radius 1 is 1.22 bits per heavy atom. The lowest BCUT2D eigenvalue weighted by atomic mass is 10.2. The third-order valence-electron chi connectivity index (χ3n) is 2.80. The summed E-state index contributed by atoms with van der Waals surface area (Å²) in [4.78, 5) is 0. The summed E-state index contributed by atoms with van der Waals surface area (Å²) >= 11 is 0. The number of rotatable bonds is 4. The van der Waals surface area contributed by atoms with Crippen molar-refractivity contribution in [3.63, 3.8) is 0 Å². The van der Waals surface area contributed by atoms with Gasteiger partial charge in [-0.25, -0.2) is 4.39 Å². The van der Waals surface area contributed by atoms with Crippen LogP contribution in [-0.4, -0.2) is 9.78 Å². The molecule has 0 atom stereocenters. The van der Waals surface area contributed by atoms with Crippen LogP contribution >= 0.6 is 0 Å². The van der Waals surface area contributed by atoms with Crippen LogP contribution in [0.2, 0.25) is 0 Å². The van der Waals surface area contributed by atoms with Crippen molar-refractivity contribution in [3.8, 4) is 0 Å². The van der Waals surface area contributed by atoms with Crippen molar-refractivity contribution >= 4 is 5.69 Å². The van der Waals surface area contributed by atoms with Gasteiger partial charge < -0.3 is 5.32 Å². The minimum absolute atomic E-state index is 0.210. The van der Waals surface area contributed by atoms with E-state index in [-0.39, 0.29) is 5.82 Å². The van der Waals surface area contributed by atoms with Crippen molar-refractivity contribution in [3.05, 3.63) is 47.0 Å². The zero-order valence-corrected chi connectivity index (χ0v) is 11.0. The molecule has 18 heavy (non-hydrogen) atoms. The van der Waals surface area contributed by atoms with E-state index in [1.54, 1.807) is 0 Å². The van der Waals surface area contributed by atoms with Crippen LogP contribution in [0.5, 0.6) is 0 Å². The maximum atomic E-state index is 13.2.